The normalized spacial score (nSPS) is 11.8. The molecule has 0 aliphatic heterocycles. The molecule has 0 spiro atoms. The fraction of sp³-hybridized carbons (Fsp3) is 0. The molecule has 3 nitrogen and oxygen atoms in total. The summed E-state index contributed by atoms with van der Waals surface area (Å²) >= 11 is 0. The molecule has 0 atom stereocenters. The predicted octanol–water partition coefficient (Wildman–Crippen LogP) is 10.1. The first-order valence-corrected chi connectivity index (χ1v) is 12.4. The van der Waals surface area contributed by atoms with Crippen LogP contribution < -0.4 is 4.90 Å². The van der Waals surface area contributed by atoms with Crippen LogP contribution in [0.25, 0.3) is 54.6 Å². The Hall–Kier alpha value is -5.02. The van der Waals surface area contributed by atoms with Crippen LogP contribution in [-0.2, 0) is 0 Å². The molecule has 0 radical (unpaired) electrons. The molecule has 8 aromatic rings. The first-order chi connectivity index (χ1) is 18.3. The van der Waals surface area contributed by atoms with Crippen molar-refractivity contribution < 1.29 is 8.83 Å². The molecule has 2 aromatic heterocycles. The lowest BCUT2D eigenvalue weighted by atomic mass is 10.0. The molecule has 0 N–H and O–H groups in total. The smallest absolute Gasteiger partial charge is 0.160 e. The van der Waals surface area contributed by atoms with Crippen molar-refractivity contribution in [2.24, 2.45) is 0 Å². The van der Waals surface area contributed by atoms with Crippen molar-refractivity contribution in [2.45, 2.75) is 0 Å². The van der Waals surface area contributed by atoms with Gasteiger partial charge in [-0.15, -0.1) is 0 Å². The van der Waals surface area contributed by atoms with E-state index >= 15 is 0 Å². The topological polar surface area (TPSA) is 29.5 Å². The largest absolute Gasteiger partial charge is 0.456 e. The third kappa shape index (κ3) is 3.01. The number of hydrogen-bond donors (Lipinski definition) is 0. The zero-order chi connectivity index (χ0) is 24.3. The predicted molar refractivity (Wildman–Crippen MR) is 153 cm³/mol. The Balaban J connectivity index is 1.47. The van der Waals surface area contributed by atoms with Crippen molar-refractivity contribution in [1.29, 1.82) is 0 Å². The molecule has 174 valence electrons. The van der Waals surface area contributed by atoms with Crippen molar-refractivity contribution >= 4 is 71.7 Å². The van der Waals surface area contributed by atoms with E-state index in [-0.39, 0.29) is 0 Å². The highest BCUT2D eigenvalue weighted by molar-refractivity contribution is 6.23. The highest BCUT2D eigenvalue weighted by Gasteiger charge is 2.22. The van der Waals surface area contributed by atoms with E-state index in [2.05, 4.69) is 102 Å². The maximum Gasteiger partial charge on any atom is 0.160 e. The van der Waals surface area contributed by atoms with Crippen LogP contribution in [0.3, 0.4) is 0 Å². The lowest BCUT2D eigenvalue weighted by molar-refractivity contribution is 0.667. The van der Waals surface area contributed by atoms with Gasteiger partial charge in [-0.25, -0.2) is 0 Å². The number of rotatable bonds is 3. The van der Waals surface area contributed by atoms with Crippen molar-refractivity contribution in [3.05, 3.63) is 127 Å². The quantitative estimate of drug-likeness (QED) is 0.255. The van der Waals surface area contributed by atoms with Crippen molar-refractivity contribution in [2.75, 3.05) is 4.90 Å². The minimum Gasteiger partial charge on any atom is -0.456 e. The van der Waals surface area contributed by atoms with Crippen LogP contribution in [0, 0.1) is 0 Å². The molecule has 3 heteroatoms. The maximum atomic E-state index is 6.59. The van der Waals surface area contributed by atoms with Gasteiger partial charge in [-0.2, -0.15) is 0 Å². The van der Waals surface area contributed by atoms with E-state index in [0.717, 1.165) is 60.9 Å². The summed E-state index contributed by atoms with van der Waals surface area (Å²) < 4.78 is 12.9. The Kier molecular flexibility index (Phi) is 4.23. The molecule has 0 aliphatic carbocycles. The first-order valence-electron chi connectivity index (χ1n) is 12.4. The lowest BCUT2D eigenvalue weighted by Gasteiger charge is -2.26. The monoisotopic (exact) mass is 475 g/mol. The molecule has 0 saturated heterocycles. The number of benzene rings is 6. The van der Waals surface area contributed by atoms with E-state index in [1.807, 2.05) is 30.3 Å². The molecule has 0 saturated carbocycles. The van der Waals surface area contributed by atoms with Gasteiger partial charge in [0.15, 0.2) is 5.58 Å². The standard InChI is InChI=1S/C34H21NO2/c1-2-11-23(12-3-1)35(24-18-19-27-26-14-6-8-16-30(26)36-32(27)21-24)29-20-22-10-4-5-13-25(22)33-28-15-7-9-17-31(28)37-34(29)33/h1-21H. The average molecular weight is 476 g/mol. The summed E-state index contributed by atoms with van der Waals surface area (Å²) in [5.41, 5.74) is 6.56. The molecule has 2 heterocycles. The summed E-state index contributed by atoms with van der Waals surface area (Å²) in [6, 6.07) is 44.1. The third-order valence-electron chi connectivity index (χ3n) is 7.23. The zero-order valence-corrected chi connectivity index (χ0v) is 19.9. The number of nitrogens with zero attached hydrogens (tertiary/aromatic N) is 1. The summed E-state index contributed by atoms with van der Waals surface area (Å²) in [6.45, 7) is 0. The van der Waals surface area contributed by atoms with Crippen molar-refractivity contribution in [3.63, 3.8) is 0 Å². The van der Waals surface area contributed by atoms with Gasteiger partial charge >= 0.3 is 0 Å². The highest BCUT2D eigenvalue weighted by atomic mass is 16.3. The zero-order valence-electron chi connectivity index (χ0n) is 19.9. The Morgan fingerprint density at radius 2 is 1.08 bits per heavy atom. The van der Waals surface area contributed by atoms with E-state index < -0.39 is 0 Å². The van der Waals surface area contributed by atoms with Gasteiger partial charge in [0.2, 0.25) is 0 Å². The summed E-state index contributed by atoms with van der Waals surface area (Å²) in [6.07, 6.45) is 0. The average Bonchev–Trinajstić information content (AvgIpc) is 3.53. The van der Waals surface area contributed by atoms with Gasteiger partial charge in [0, 0.05) is 33.3 Å². The minimum atomic E-state index is 0.862. The number of para-hydroxylation sites is 3. The summed E-state index contributed by atoms with van der Waals surface area (Å²) in [5, 5.41) is 6.85. The van der Waals surface area contributed by atoms with Crippen LogP contribution in [0.1, 0.15) is 0 Å². The number of fused-ring (bicyclic) bond motifs is 8. The van der Waals surface area contributed by atoms with Crippen molar-refractivity contribution in [3.8, 4) is 0 Å². The lowest BCUT2D eigenvalue weighted by Crippen LogP contribution is -2.10. The molecule has 0 amide bonds. The summed E-state index contributed by atoms with van der Waals surface area (Å²) in [5.74, 6) is 0. The van der Waals surface area contributed by atoms with E-state index in [1.54, 1.807) is 0 Å². The summed E-state index contributed by atoms with van der Waals surface area (Å²) in [7, 11) is 0. The van der Waals surface area contributed by atoms with Crippen LogP contribution in [0.5, 0.6) is 0 Å². The van der Waals surface area contributed by atoms with Gasteiger partial charge in [-0.05, 0) is 53.2 Å². The second-order valence-electron chi connectivity index (χ2n) is 9.37. The van der Waals surface area contributed by atoms with Crippen LogP contribution in [0.15, 0.2) is 136 Å². The van der Waals surface area contributed by atoms with E-state index in [4.69, 9.17) is 8.83 Å². The fourth-order valence-corrected chi connectivity index (χ4v) is 5.58. The van der Waals surface area contributed by atoms with Crippen LogP contribution >= 0.6 is 0 Å². The maximum absolute atomic E-state index is 6.59. The molecule has 8 rings (SSSR count). The Labute approximate surface area is 212 Å². The van der Waals surface area contributed by atoms with Crippen LogP contribution in [0.4, 0.5) is 17.1 Å². The van der Waals surface area contributed by atoms with Crippen LogP contribution in [-0.4, -0.2) is 0 Å². The number of furan rings is 2. The highest BCUT2D eigenvalue weighted by Crippen LogP contribution is 2.46. The SMILES string of the molecule is c1ccc(N(c2ccc3c(c2)oc2ccccc23)c2cc3ccccc3c3c2oc2ccccc23)cc1. The molecule has 0 aliphatic rings. The van der Waals surface area contributed by atoms with Gasteiger partial charge in [0.1, 0.15) is 16.7 Å². The molecule has 37 heavy (non-hydrogen) atoms. The molecule has 0 unspecified atom stereocenters. The Morgan fingerprint density at radius 1 is 0.432 bits per heavy atom. The first kappa shape index (κ1) is 20.2. The second kappa shape index (κ2) is 7.74. The van der Waals surface area contributed by atoms with E-state index in [0.29, 0.717) is 0 Å². The van der Waals surface area contributed by atoms with Gasteiger partial charge in [-0.3, -0.25) is 0 Å². The molecule has 0 fully saturated rings. The third-order valence-corrected chi connectivity index (χ3v) is 7.23. The Morgan fingerprint density at radius 3 is 1.92 bits per heavy atom. The molecule has 0 bridgehead atoms. The van der Waals surface area contributed by atoms with Crippen LogP contribution in [0.2, 0.25) is 0 Å². The van der Waals surface area contributed by atoms with Crippen molar-refractivity contribution in [1.82, 2.24) is 0 Å². The Bertz CT molecular complexity index is 2100. The minimum absolute atomic E-state index is 0.862. The van der Waals surface area contributed by atoms with Gasteiger partial charge in [0.05, 0.1) is 11.4 Å². The van der Waals surface area contributed by atoms with Gasteiger partial charge in [-0.1, -0.05) is 78.9 Å². The molecule has 6 aromatic carbocycles. The number of anilines is 3. The molecular weight excluding hydrogens is 454 g/mol. The van der Waals surface area contributed by atoms with Gasteiger partial charge in [0.25, 0.3) is 0 Å². The molecular formula is C34H21NO2. The van der Waals surface area contributed by atoms with E-state index in [1.165, 1.54) is 10.8 Å². The summed E-state index contributed by atoms with van der Waals surface area (Å²) in [4.78, 5) is 2.27. The fourth-order valence-electron chi connectivity index (χ4n) is 5.58. The second-order valence-corrected chi connectivity index (χ2v) is 9.37. The number of hydrogen-bond acceptors (Lipinski definition) is 3. The van der Waals surface area contributed by atoms with E-state index in [9.17, 15) is 0 Å². The van der Waals surface area contributed by atoms with Gasteiger partial charge < -0.3 is 13.7 Å².